The van der Waals surface area contributed by atoms with Crippen molar-refractivity contribution in [3.63, 3.8) is 0 Å². The zero-order valence-corrected chi connectivity index (χ0v) is 11.2. The zero-order valence-electron chi connectivity index (χ0n) is 11.2. The third kappa shape index (κ3) is 3.10. The van der Waals surface area contributed by atoms with E-state index in [1.807, 2.05) is 0 Å². The molecule has 0 radical (unpaired) electrons. The summed E-state index contributed by atoms with van der Waals surface area (Å²) in [5.41, 5.74) is 3.13. The first-order chi connectivity index (χ1) is 8.35. The van der Waals surface area contributed by atoms with Gasteiger partial charge in [-0.1, -0.05) is 51.0 Å². The summed E-state index contributed by atoms with van der Waals surface area (Å²) in [5.74, 6) is 0.766. The van der Waals surface area contributed by atoms with Crippen LogP contribution in [-0.4, -0.2) is 12.6 Å². The summed E-state index contributed by atoms with van der Waals surface area (Å²) in [4.78, 5) is 0. The lowest BCUT2D eigenvalue weighted by Crippen LogP contribution is -2.35. The van der Waals surface area contributed by atoms with Gasteiger partial charge in [0.05, 0.1) is 0 Å². The second-order valence-electron chi connectivity index (χ2n) is 5.26. The molecule has 1 aromatic carbocycles. The van der Waals surface area contributed by atoms with Crippen LogP contribution in [0.2, 0.25) is 0 Å². The Hall–Kier alpha value is -0.820. The first-order valence-electron chi connectivity index (χ1n) is 7.16. The van der Waals surface area contributed by atoms with Crippen molar-refractivity contribution in [3.05, 3.63) is 35.4 Å². The first kappa shape index (κ1) is 12.6. The molecule has 1 aliphatic rings. The topological polar surface area (TPSA) is 12.0 Å². The van der Waals surface area contributed by atoms with Gasteiger partial charge in [-0.3, -0.25) is 0 Å². The minimum atomic E-state index is 0.725. The van der Waals surface area contributed by atoms with Gasteiger partial charge in [-0.15, -0.1) is 0 Å². The van der Waals surface area contributed by atoms with Crippen molar-refractivity contribution in [3.8, 4) is 0 Å². The predicted octanol–water partition coefficient (Wildman–Crippen LogP) is 3.88. The molecule has 1 heteroatoms. The van der Waals surface area contributed by atoms with E-state index in [1.165, 1.54) is 38.6 Å². The van der Waals surface area contributed by atoms with Crippen molar-refractivity contribution in [2.24, 2.45) is 0 Å². The Labute approximate surface area is 106 Å². The van der Waals surface area contributed by atoms with E-state index in [1.54, 1.807) is 11.1 Å². The maximum atomic E-state index is 3.75. The quantitative estimate of drug-likeness (QED) is 0.751. The van der Waals surface area contributed by atoms with Crippen molar-refractivity contribution in [1.29, 1.82) is 0 Å². The number of hydrogen-bond acceptors (Lipinski definition) is 1. The van der Waals surface area contributed by atoms with Gasteiger partial charge in [0.25, 0.3) is 0 Å². The fourth-order valence-corrected chi connectivity index (χ4v) is 2.75. The smallest absolute Gasteiger partial charge is 0.00646 e. The monoisotopic (exact) mass is 231 g/mol. The maximum Gasteiger partial charge on any atom is 0.00646 e. The van der Waals surface area contributed by atoms with Crippen LogP contribution in [0.3, 0.4) is 0 Å². The lowest BCUT2D eigenvalue weighted by atomic mass is 9.77. The van der Waals surface area contributed by atoms with Gasteiger partial charge in [0.2, 0.25) is 0 Å². The van der Waals surface area contributed by atoms with Crippen molar-refractivity contribution >= 4 is 0 Å². The Kier molecular flexibility index (Phi) is 4.61. The first-order valence-corrected chi connectivity index (χ1v) is 7.16. The molecule has 1 nitrogen and oxygen atoms in total. The predicted molar refractivity (Wildman–Crippen MR) is 74.5 cm³/mol. The van der Waals surface area contributed by atoms with Crippen LogP contribution < -0.4 is 5.32 Å². The summed E-state index contributed by atoms with van der Waals surface area (Å²) in [7, 11) is 0. The van der Waals surface area contributed by atoms with Gasteiger partial charge in [0.15, 0.2) is 0 Å². The van der Waals surface area contributed by atoms with Crippen LogP contribution in [0, 0.1) is 0 Å². The normalized spacial score (nSPS) is 19.5. The molecule has 0 bridgehead atoms. The summed E-state index contributed by atoms with van der Waals surface area (Å²) in [6.07, 6.45) is 6.53. The van der Waals surface area contributed by atoms with Gasteiger partial charge in [-0.05, 0) is 30.4 Å². The second kappa shape index (κ2) is 6.20. The largest absolute Gasteiger partial charge is 0.313 e. The number of unbranched alkanes of at least 4 members (excludes halogenated alkanes) is 1. The maximum absolute atomic E-state index is 3.75. The van der Waals surface area contributed by atoms with Crippen LogP contribution in [0.15, 0.2) is 24.3 Å². The Bertz CT molecular complexity index is 345. The van der Waals surface area contributed by atoms with Gasteiger partial charge < -0.3 is 5.32 Å². The van der Waals surface area contributed by atoms with E-state index in [2.05, 4.69) is 43.4 Å². The molecule has 94 valence electrons. The van der Waals surface area contributed by atoms with E-state index in [0.29, 0.717) is 0 Å². The summed E-state index contributed by atoms with van der Waals surface area (Å²) < 4.78 is 0. The highest BCUT2D eigenvalue weighted by Gasteiger charge is 2.25. The molecule has 0 aliphatic heterocycles. The Morgan fingerprint density at radius 2 is 2.12 bits per heavy atom. The average Bonchev–Trinajstić information content (AvgIpc) is 2.34. The molecular formula is C16H25N. The van der Waals surface area contributed by atoms with Crippen molar-refractivity contribution < 1.29 is 0 Å². The summed E-state index contributed by atoms with van der Waals surface area (Å²) >= 11 is 0. The molecule has 0 heterocycles. The van der Waals surface area contributed by atoms with Crippen molar-refractivity contribution in [2.45, 2.75) is 57.9 Å². The van der Waals surface area contributed by atoms with E-state index in [0.717, 1.165) is 12.0 Å². The highest BCUT2D eigenvalue weighted by molar-refractivity contribution is 5.40. The highest BCUT2D eigenvalue weighted by Crippen LogP contribution is 2.34. The number of rotatable bonds is 7. The molecule has 0 saturated heterocycles. The van der Waals surface area contributed by atoms with Crippen LogP contribution in [-0.2, 0) is 6.42 Å². The lowest BCUT2D eigenvalue weighted by molar-refractivity contribution is 0.420. The van der Waals surface area contributed by atoms with Crippen LogP contribution in [0.4, 0.5) is 0 Å². The molecule has 2 atom stereocenters. The minimum absolute atomic E-state index is 0.725. The third-order valence-corrected chi connectivity index (χ3v) is 4.01. The third-order valence-electron chi connectivity index (χ3n) is 4.01. The highest BCUT2D eigenvalue weighted by atomic mass is 14.9. The van der Waals surface area contributed by atoms with Crippen LogP contribution in [0.1, 0.15) is 56.6 Å². The summed E-state index contributed by atoms with van der Waals surface area (Å²) in [6, 6.07) is 9.60. The standard InChI is InChI=1S/C16H25N/c1-3-5-9-15(4-2)17-12-14-11-13-8-6-7-10-16(13)14/h6-8,10,14-15,17H,3-5,9,11-12H2,1-2H3. The summed E-state index contributed by atoms with van der Waals surface area (Å²) in [5, 5.41) is 3.75. The van der Waals surface area contributed by atoms with E-state index < -0.39 is 0 Å². The summed E-state index contributed by atoms with van der Waals surface area (Å²) in [6.45, 7) is 5.73. The second-order valence-corrected chi connectivity index (χ2v) is 5.26. The Morgan fingerprint density at radius 1 is 1.29 bits per heavy atom. The minimum Gasteiger partial charge on any atom is -0.313 e. The molecule has 1 aliphatic carbocycles. The average molecular weight is 231 g/mol. The SMILES string of the molecule is CCCCC(CC)NCC1Cc2ccccc21. The fourth-order valence-electron chi connectivity index (χ4n) is 2.75. The van der Waals surface area contributed by atoms with Crippen LogP contribution >= 0.6 is 0 Å². The molecule has 0 amide bonds. The van der Waals surface area contributed by atoms with E-state index in [-0.39, 0.29) is 0 Å². The van der Waals surface area contributed by atoms with Crippen LogP contribution in [0.25, 0.3) is 0 Å². The van der Waals surface area contributed by atoms with Gasteiger partial charge in [-0.25, -0.2) is 0 Å². The van der Waals surface area contributed by atoms with Gasteiger partial charge >= 0.3 is 0 Å². The molecule has 0 spiro atoms. The van der Waals surface area contributed by atoms with Gasteiger partial charge in [0.1, 0.15) is 0 Å². The molecule has 1 N–H and O–H groups in total. The molecule has 2 unspecified atom stereocenters. The molecule has 0 saturated carbocycles. The van der Waals surface area contributed by atoms with Crippen molar-refractivity contribution in [2.75, 3.05) is 6.54 Å². The molecule has 1 aromatic rings. The van der Waals surface area contributed by atoms with E-state index in [9.17, 15) is 0 Å². The Morgan fingerprint density at radius 3 is 2.82 bits per heavy atom. The fraction of sp³-hybridized carbons (Fsp3) is 0.625. The number of hydrogen-bond donors (Lipinski definition) is 1. The van der Waals surface area contributed by atoms with E-state index >= 15 is 0 Å². The molecule has 0 aromatic heterocycles. The van der Waals surface area contributed by atoms with E-state index in [4.69, 9.17) is 0 Å². The molecule has 0 fully saturated rings. The Balaban J connectivity index is 1.76. The van der Waals surface area contributed by atoms with Crippen molar-refractivity contribution in [1.82, 2.24) is 5.32 Å². The zero-order chi connectivity index (χ0) is 12.1. The van der Waals surface area contributed by atoms with Crippen LogP contribution in [0.5, 0.6) is 0 Å². The molecule has 17 heavy (non-hydrogen) atoms. The molecule has 2 rings (SSSR count). The number of nitrogens with one attached hydrogen (secondary N) is 1. The number of benzene rings is 1. The van der Waals surface area contributed by atoms with Gasteiger partial charge in [-0.2, -0.15) is 0 Å². The molecular weight excluding hydrogens is 206 g/mol. The number of fused-ring (bicyclic) bond motifs is 1. The van der Waals surface area contributed by atoms with Gasteiger partial charge in [0, 0.05) is 18.5 Å². The lowest BCUT2D eigenvalue weighted by Gasteiger charge is -2.31.